The number of benzene rings is 1. The summed E-state index contributed by atoms with van der Waals surface area (Å²) < 4.78 is 0. The number of hydrogen-bond donors (Lipinski definition) is 4. The molecule has 5 nitrogen and oxygen atoms in total. The highest BCUT2D eigenvalue weighted by Gasteiger charge is 2.39. The van der Waals surface area contributed by atoms with Gasteiger partial charge in [0.15, 0.2) is 0 Å². The van der Waals surface area contributed by atoms with Crippen LogP contribution in [0.15, 0.2) is 42.5 Å². The third kappa shape index (κ3) is 7.74. The maximum absolute atomic E-state index is 10.5. The molecule has 0 radical (unpaired) electrons. The molecular formula is C23H34O5. The van der Waals surface area contributed by atoms with Crippen LogP contribution in [0.2, 0.25) is 0 Å². The number of aliphatic carboxylic acids is 1. The van der Waals surface area contributed by atoms with Crippen molar-refractivity contribution in [2.45, 2.75) is 76.1 Å². The van der Waals surface area contributed by atoms with E-state index in [1.165, 1.54) is 5.56 Å². The largest absolute Gasteiger partial charge is 0.481 e. The van der Waals surface area contributed by atoms with Gasteiger partial charge in [0.05, 0.1) is 18.3 Å². The quantitative estimate of drug-likeness (QED) is 0.324. The smallest absolute Gasteiger partial charge is 0.303 e. The Bertz CT molecular complexity index is 600. The van der Waals surface area contributed by atoms with Gasteiger partial charge in [0.1, 0.15) is 0 Å². The highest BCUT2D eigenvalue weighted by Crippen LogP contribution is 2.37. The molecule has 0 aliphatic heterocycles. The molecule has 0 heterocycles. The zero-order chi connectivity index (χ0) is 20.4. The normalized spacial score (nSPS) is 26.0. The Balaban J connectivity index is 1.76. The van der Waals surface area contributed by atoms with Crippen molar-refractivity contribution in [1.82, 2.24) is 0 Å². The summed E-state index contributed by atoms with van der Waals surface area (Å²) in [6, 6.07) is 10.0. The van der Waals surface area contributed by atoms with Crippen molar-refractivity contribution < 1.29 is 25.2 Å². The van der Waals surface area contributed by atoms with Gasteiger partial charge in [0.25, 0.3) is 0 Å². The zero-order valence-electron chi connectivity index (χ0n) is 16.5. The van der Waals surface area contributed by atoms with Gasteiger partial charge in [-0.05, 0) is 37.2 Å². The predicted octanol–water partition coefficient (Wildman–Crippen LogP) is 3.32. The Morgan fingerprint density at radius 2 is 1.79 bits per heavy atom. The van der Waals surface area contributed by atoms with E-state index >= 15 is 0 Å². The Labute approximate surface area is 167 Å². The summed E-state index contributed by atoms with van der Waals surface area (Å²) in [7, 11) is 0. The van der Waals surface area contributed by atoms with Gasteiger partial charge in [-0.15, -0.1) is 0 Å². The summed E-state index contributed by atoms with van der Waals surface area (Å²) >= 11 is 0. The molecule has 0 saturated heterocycles. The maximum atomic E-state index is 10.5. The van der Waals surface area contributed by atoms with Gasteiger partial charge in [-0.3, -0.25) is 4.79 Å². The molecule has 28 heavy (non-hydrogen) atoms. The van der Waals surface area contributed by atoms with Crippen molar-refractivity contribution in [3.05, 3.63) is 48.0 Å². The summed E-state index contributed by atoms with van der Waals surface area (Å²) in [6.07, 6.45) is 8.17. The van der Waals surface area contributed by atoms with Gasteiger partial charge in [-0.2, -0.15) is 0 Å². The lowest BCUT2D eigenvalue weighted by Crippen LogP contribution is -2.21. The van der Waals surface area contributed by atoms with E-state index in [0.29, 0.717) is 19.3 Å². The van der Waals surface area contributed by atoms with Gasteiger partial charge >= 0.3 is 5.97 Å². The first-order chi connectivity index (χ1) is 13.5. The summed E-state index contributed by atoms with van der Waals surface area (Å²) in [5, 5.41) is 39.5. The van der Waals surface area contributed by atoms with Crippen molar-refractivity contribution in [2.75, 3.05) is 0 Å². The van der Waals surface area contributed by atoms with Crippen LogP contribution in [0.4, 0.5) is 0 Å². The fourth-order valence-electron chi connectivity index (χ4n) is 4.10. The van der Waals surface area contributed by atoms with E-state index in [9.17, 15) is 20.1 Å². The molecule has 5 atom stereocenters. The molecular weight excluding hydrogens is 356 g/mol. The molecule has 1 unspecified atom stereocenters. The van der Waals surface area contributed by atoms with Crippen molar-refractivity contribution in [3.8, 4) is 0 Å². The van der Waals surface area contributed by atoms with Crippen molar-refractivity contribution in [2.24, 2.45) is 11.8 Å². The average molecular weight is 391 g/mol. The summed E-state index contributed by atoms with van der Waals surface area (Å²) in [5.74, 6) is -0.905. The molecule has 1 saturated carbocycles. The fourth-order valence-corrected chi connectivity index (χ4v) is 4.10. The lowest BCUT2D eigenvalue weighted by Gasteiger charge is -2.21. The molecule has 1 aliphatic rings. The summed E-state index contributed by atoms with van der Waals surface area (Å²) in [5.41, 5.74) is 1.19. The fraction of sp³-hybridized carbons (Fsp3) is 0.609. The molecule has 1 aliphatic carbocycles. The maximum Gasteiger partial charge on any atom is 0.303 e. The Morgan fingerprint density at radius 1 is 1.07 bits per heavy atom. The van der Waals surface area contributed by atoms with Crippen LogP contribution in [0.1, 0.15) is 56.9 Å². The second-order valence-electron chi connectivity index (χ2n) is 7.93. The van der Waals surface area contributed by atoms with Gasteiger partial charge in [0, 0.05) is 18.8 Å². The van der Waals surface area contributed by atoms with Crippen LogP contribution in [0.5, 0.6) is 0 Å². The van der Waals surface area contributed by atoms with E-state index in [2.05, 4.69) is 0 Å². The highest BCUT2D eigenvalue weighted by atomic mass is 16.4. The molecule has 156 valence electrons. The van der Waals surface area contributed by atoms with Crippen LogP contribution < -0.4 is 0 Å². The van der Waals surface area contributed by atoms with E-state index in [1.807, 2.05) is 36.4 Å². The molecule has 0 amide bonds. The summed E-state index contributed by atoms with van der Waals surface area (Å²) in [6.45, 7) is 0. The number of carbonyl (C=O) groups is 1. The molecule has 1 aromatic carbocycles. The first-order valence-corrected chi connectivity index (χ1v) is 10.5. The van der Waals surface area contributed by atoms with Crippen molar-refractivity contribution in [3.63, 3.8) is 0 Å². The number of carboxylic acids is 1. The van der Waals surface area contributed by atoms with Crippen LogP contribution in [-0.4, -0.2) is 44.7 Å². The number of carboxylic acid groups (broad SMARTS) is 1. The molecule has 5 heteroatoms. The van der Waals surface area contributed by atoms with Crippen LogP contribution in [-0.2, 0) is 11.2 Å². The second kappa shape index (κ2) is 12.0. The molecule has 0 bridgehead atoms. The Morgan fingerprint density at radius 3 is 2.50 bits per heavy atom. The second-order valence-corrected chi connectivity index (χ2v) is 7.93. The number of aliphatic hydroxyl groups excluding tert-OH is 3. The lowest BCUT2D eigenvalue weighted by atomic mass is 9.87. The molecule has 2 rings (SSSR count). The lowest BCUT2D eigenvalue weighted by molar-refractivity contribution is -0.137. The van der Waals surface area contributed by atoms with Crippen LogP contribution in [0, 0.1) is 11.8 Å². The van der Waals surface area contributed by atoms with Gasteiger partial charge in [-0.1, -0.05) is 61.7 Å². The van der Waals surface area contributed by atoms with Gasteiger partial charge in [0.2, 0.25) is 0 Å². The number of aryl methyl sites for hydroxylation is 1. The van der Waals surface area contributed by atoms with Crippen LogP contribution in [0.3, 0.4) is 0 Å². The molecule has 0 spiro atoms. The van der Waals surface area contributed by atoms with Crippen molar-refractivity contribution in [1.29, 1.82) is 0 Å². The molecule has 1 fully saturated rings. The van der Waals surface area contributed by atoms with E-state index < -0.39 is 24.3 Å². The predicted molar refractivity (Wildman–Crippen MR) is 109 cm³/mol. The molecule has 4 N–H and O–H groups in total. The summed E-state index contributed by atoms with van der Waals surface area (Å²) in [4.78, 5) is 10.5. The minimum Gasteiger partial charge on any atom is -0.481 e. The van der Waals surface area contributed by atoms with E-state index in [-0.39, 0.29) is 18.3 Å². The average Bonchev–Trinajstić information content (AvgIpc) is 2.94. The highest BCUT2D eigenvalue weighted by molar-refractivity contribution is 5.66. The van der Waals surface area contributed by atoms with Crippen molar-refractivity contribution >= 4 is 5.97 Å². The Hall–Kier alpha value is -1.69. The number of aliphatic hydroxyl groups is 3. The van der Waals surface area contributed by atoms with Gasteiger partial charge in [-0.25, -0.2) is 0 Å². The van der Waals surface area contributed by atoms with Crippen LogP contribution in [0.25, 0.3) is 0 Å². The Kier molecular flexibility index (Phi) is 9.68. The standard InChI is InChI=1S/C23H34O5/c24-18(13-12-17-8-4-3-5-9-17)14-15-20-19(21(25)16-22(20)26)10-6-1-2-7-11-23(27)28/h3-5,8-9,14-15,18-22,24-26H,1-2,6-7,10-13,16H2,(H,27,28)/t18?,19-,20-,21+,22-/m1/s1. The molecule has 0 aromatic heterocycles. The van der Waals surface area contributed by atoms with Gasteiger partial charge < -0.3 is 20.4 Å². The number of rotatable bonds is 12. The third-order valence-corrected chi connectivity index (χ3v) is 5.72. The monoisotopic (exact) mass is 390 g/mol. The zero-order valence-corrected chi connectivity index (χ0v) is 16.5. The van der Waals surface area contributed by atoms with E-state index in [0.717, 1.165) is 32.1 Å². The molecule has 1 aromatic rings. The SMILES string of the molecule is O=C(O)CCCCCC[C@@H]1[C@@H](C=CC(O)CCc2ccccc2)[C@H](O)C[C@@H]1O. The minimum absolute atomic E-state index is 0.00736. The van der Waals surface area contributed by atoms with E-state index in [4.69, 9.17) is 5.11 Å². The third-order valence-electron chi connectivity index (χ3n) is 5.72. The number of unbranched alkanes of at least 4 members (excludes halogenated alkanes) is 3. The first-order valence-electron chi connectivity index (χ1n) is 10.5. The number of hydrogen-bond acceptors (Lipinski definition) is 4. The first kappa shape index (κ1) is 22.6. The topological polar surface area (TPSA) is 98.0 Å². The minimum atomic E-state index is -0.759. The van der Waals surface area contributed by atoms with Crippen LogP contribution >= 0.6 is 0 Å². The van der Waals surface area contributed by atoms with E-state index in [1.54, 1.807) is 6.08 Å².